The lowest BCUT2D eigenvalue weighted by atomic mass is 10.2. The van der Waals surface area contributed by atoms with E-state index in [1.54, 1.807) is 12.4 Å². The summed E-state index contributed by atoms with van der Waals surface area (Å²) in [5, 5.41) is 0. The van der Waals surface area contributed by atoms with E-state index in [9.17, 15) is 8.78 Å². The van der Waals surface area contributed by atoms with Crippen molar-refractivity contribution in [3.63, 3.8) is 0 Å². The van der Waals surface area contributed by atoms with E-state index in [1.807, 2.05) is 35.2 Å². The van der Waals surface area contributed by atoms with Gasteiger partial charge < -0.3 is 9.88 Å². The van der Waals surface area contributed by atoms with Crippen molar-refractivity contribution >= 4 is 5.69 Å². The van der Waals surface area contributed by atoms with Crippen LogP contribution in [0.25, 0.3) is 0 Å². The Morgan fingerprint density at radius 2 is 2.05 bits per heavy atom. The molecule has 0 radical (unpaired) electrons. The van der Waals surface area contributed by atoms with Crippen LogP contribution in [0.4, 0.5) is 14.5 Å². The van der Waals surface area contributed by atoms with Gasteiger partial charge in [0.2, 0.25) is 0 Å². The number of hydrogen-bond donors (Lipinski definition) is 1. The summed E-state index contributed by atoms with van der Waals surface area (Å²) in [5.41, 5.74) is 0.892. The Bertz CT molecular complexity index is 523. The van der Waals surface area contributed by atoms with Crippen LogP contribution < -0.4 is 4.90 Å². The molecule has 0 aliphatic carbocycles. The summed E-state index contributed by atoms with van der Waals surface area (Å²) in [6.07, 6.45) is 3.79. The number of alkyl halides is 2. The zero-order chi connectivity index (χ0) is 14.4. The minimum atomic E-state index is -2.85. The molecule has 0 spiro atoms. The van der Waals surface area contributed by atoms with Gasteiger partial charge in [-0.1, -0.05) is 24.8 Å². The lowest BCUT2D eigenvalue weighted by Gasteiger charge is -2.25. The second kappa shape index (κ2) is 6.32. The number of anilines is 1. The normalized spacial score (nSPS) is 11.3. The maximum Gasteiger partial charge on any atom is 0.267 e. The smallest absolute Gasteiger partial charge is 0.267 e. The number of hydrogen-bond acceptors (Lipinski definition) is 2. The Kier molecular flexibility index (Phi) is 4.50. The Morgan fingerprint density at radius 1 is 1.30 bits per heavy atom. The highest BCUT2D eigenvalue weighted by Crippen LogP contribution is 2.23. The molecule has 2 rings (SSSR count). The molecule has 1 aromatic heterocycles. The number of H-pyrrole nitrogens is 1. The first-order chi connectivity index (χ1) is 9.61. The summed E-state index contributed by atoms with van der Waals surface area (Å²) in [7, 11) is 0. The Morgan fingerprint density at radius 3 is 2.65 bits per heavy atom. The molecule has 5 heteroatoms. The molecule has 106 valence electrons. The van der Waals surface area contributed by atoms with Crippen molar-refractivity contribution in [1.29, 1.82) is 0 Å². The standard InChI is InChI=1S/C15H17F2N3/c1-2-15(16,17)8-11-20(12-14-18-9-10-19-14)13-6-4-3-5-7-13/h2-7,9-10H,1,8,11-12H2,(H,18,19). The molecule has 0 amide bonds. The van der Waals surface area contributed by atoms with E-state index >= 15 is 0 Å². The summed E-state index contributed by atoms with van der Waals surface area (Å²) in [4.78, 5) is 9.00. The fourth-order valence-electron chi connectivity index (χ4n) is 1.89. The van der Waals surface area contributed by atoms with Gasteiger partial charge in [-0.2, -0.15) is 0 Å². The van der Waals surface area contributed by atoms with Crippen molar-refractivity contribution in [2.24, 2.45) is 0 Å². The highest BCUT2D eigenvalue weighted by molar-refractivity contribution is 5.46. The van der Waals surface area contributed by atoms with Crippen LogP contribution in [0, 0.1) is 0 Å². The van der Waals surface area contributed by atoms with Gasteiger partial charge in [-0.3, -0.25) is 0 Å². The van der Waals surface area contributed by atoms with Gasteiger partial charge in [-0.25, -0.2) is 13.8 Å². The van der Waals surface area contributed by atoms with E-state index in [2.05, 4.69) is 16.5 Å². The van der Waals surface area contributed by atoms with Gasteiger partial charge >= 0.3 is 0 Å². The first-order valence-corrected chi connectivity index (χ1v) is 6.40. The third-order valence-electron chi connectivity index (χ3n) is 3.03. The topological polar surface area (TPSA) is 31.9 Å². The Balaban J connectivity index is 2.10. The first kappa shape index (κ1) is 14.2. The highest BCUT2D eigenvalue weighted by Gasteiger charge is 2.25. The van der Waals surface area contributed by atoms with Gasteiger partial charge in [0.15, 0.2) is 0 Å². The number of aromatic nitrogens is 2. The maximum atomic E-state index is 13.3. The molecule has 0 atom stereocenters. The van der Waals surface area contributed by atoms with E-state index in [-0.39, 0.29) is 13.0 Å². The molecule has 1 aromatic carbocycles. The molecule has 0 fully saturated rings. The molecule has 0 unspecified atom stereocenters. The predicted molar refractivity (Wildman–Crippen MR) is 75.8 cm³/mol. The summed E-state index contributed by atoms with van der Waals surface area (Å²) in [6.45, 7) is 3.86. The average Bonchev–Trinajstić information content (AvgIpc) is 2.97. The molecule has 20 heavy (non-hydrogen) atoms. The van der Waals surface area contributed by atoms with Crippen LogP contribution in [0.15, 0.2) is 55.4 Å². The summed E-state index contributed by atoms with van der Waals surface area (Å²) in [5.74, 6) is -2.10. The third kappa shape index (κ3) is 3.91. The molecule has 3 nitrogen and oxygen atoms in total. The summed E-state index contributed by atoms with van der Waals surface area (Å²) >= 11 is 0. The second-order valence-corrected chi connectivity index (χ2v) is 4.51. The molecule has 1 heterocycles. The number of nitrogens with one attached hydrogen (secondary N) is 1. The molecule has 0 bridgehead atoms. The van der Waals surface area contributed by atoms with Crippen molar-refractivity contribution < 1.29 is 8.78 Å². The zero-order valence-electron chi connectivity index (χ0n) is 11.1. The summed E-state index contributed by atoms with van der Waals surface area (Å²) < 4.78 is 26.7. The number of imidazole rings is 1. The van der Waals surface area contributed by atoms with E-state index in [0.29, 0.717) is 12.6 Å². The SMILES string of the molecule is C=CC(F)(F)CCN(Cc1ncc[nH]1)c1ccccc1. The monoisotopic (exact) mass is 277 g/mol. The van der Waals surface area contributed by atoms with Gasteiger partial charge in [-0.15, -0.1) is 0 Å². The number of allylic oxidation sites excluding steroid dienone is 1. The van der Waals surface area contributed by atoms with Crippen molar-refractivity contribution in [1.82, 2.24) is 9.97 Å². The summed E-state index contributed by atoms with van der Waals surface area (Å²) in [6, 6.07) is 9.46. The Labute approximate surface area is 117 Å². The van der Waals surface area contributed by atoms with Crippen LogP contribution in [0.5, 0.6) is 0 Å². The van der Waals surface area contributed by atoms with E-state index in [4.69, 9.17) is 0 Å². The molecular formula is C15H17F2N3. The lowest BCUT2D eigenvalue weighted by molar-refractivity contribution is 0.0481. The van der Waals surface area contributed by atoms with Gasteiger partial charge in [0.25, 0.3) is 5.92 Å². The van der Waals surface area contributed by atoms with Crippen LogP contribution in [0.2, 0.25) is 0 Å². The fraction of sp³-hybridized carbons (Fsp3) is 0.267. The molecule has 0 saturated carbocycles. The second-order valence-electron chi connectivity index (χ2n) is 4.51. The molecule has 0 aliphatic rings. The quantitative estimate of drug-likeness (QED) is 0.784. The first-order valence-electron chi connectivity index (χ1n) is 6.40. The minimum Gasteiger partial charge on any atom is -0.364 e. The van der Waals surface area contributed by atoms with Crippen LogP contribution in [-0.4, -0.2) is 22.4 Å². The fourth-order valence-corrected chi connectivity index (χ4v) is 1.89. The van der Waals surface area contributed by atoms with E-state index in [0.717, 1.165) is 11.5 Å². The van der Waals surface area contributed by atoms with E-state index in [1.165, 1.54) is 0 Å². The number of benzene rings is 1. The van der Waals surface area contributed by atoms with Gasteiger partial charge in [-0.05, 0) is 18.2 Å². The molecule has 2 aromatic rings. The molecule has 0 saturated heterocycles. The minimum absolute atomic E-state index is 0.226. The molecule has 0 aliphatic heterocycles. The number of nitrogens with zero attached hydrogens (tertiary/aromatic N) is 2. The number of aromatic amines is 1. The van der Waals surface area contributed by atoms with Crippen LogP contribution in [0.1, 0.15) is 12.2 Å². The third-order valence-corrected chi connectivity index (χ3v) is 3.03. The number of para-hydroxylation sites is 1. The van der Waals surface area contributed by atoms with Crippen LogP contribution >= 0.6 is 0 Å². The molecular weight excluding hydrogens is 260 g/mol. The van der Waals surface area contributed by atoms with Crippen molar-refractivity contribution in [3.8, 4) is 0 Å². The highest BCUT2D eigenvalue weighted by atomic mass is 19.3. The van der Waals surface area contributed by atoms with Crippen molar-refractivity contribution in [2.45, 2.75) is 18.9 Å². The zero-order valence-corrected chi connectivity index (χ0v) is 11.1. The van der Waals surface area contributed by atoms with Crippen LogP contribution in [-0.2, 0) is 6.54 Å². The van der Waals surface area contributed by atoms with Crippen molar-refractivity contribution in [2.75, 3.05) is 11.4 Å². The predicted octanol–water partition coefficient (Wildman–Crippen LogP) is 3.63. The van der Waals surface area contributed by atoms with Gasteiger partial charge in [0.05, 0.1) is 6.54 Å². The number of halogens is 2. The van der Waals surface area contributed by atoms with E-state index < -0.39 is 5.92 Å². The van der Waals surface area contributed by atoms with Crippen molar-refractivity contribution in [3.05, 3.63) is 61.2 Å². The Hall–Kier alpha value is -2.17. The molecule has 1 N–H and O–H groups in total. The largest absolute Gasteiger partial charge is 0.364 e. The average molecular weight is 277 g/mol. The lowest BCUT2D eigenvalue weighted by Crippen LogP contribution is -2.29. The van der Waals surface area contributed by atoms with Gasteiger partial charge in [0.1, 0.15) is 5.82 Å². The van der Waals surface area contributed by atoms with Crippen LogP contribution in [0.3, 0.4) is 0 Å². The maximum absolute atomic E-state index is 13.3. The number of rotatable bonds is 7. The van der Waals surface area contributed by atoms with Gasteiger partial charge in [0, 0.05) is 31.0 Å².